The molecule has 3 aromatic rings. The number of nitrogens with zero attached hydrogens (tertiary/aromatic N) is 2. The fourth-order valence-electron chi connectivity index (χ4n) is 2.37. The molecule has 122 valence electrons. The number of fused-ring (bicyclic) bond motifs is 1. The maximum Gasteiger partial charge on any atom is 0.139 e. The quantitative estimate of drug-likeness (QED) is 0.450. The normalized spacial score (nSPS) is 12.2. The Morgan fingerprint density at radius 2 is 2.13 bits per heavy atom. The number of hydrogen-bond donors (Lipinski definition) is 0. The molecule has 0 aliphatic carbocycles. The summed E-state index contributed by atoms with van der Waals surface area (Å²) in [7, 11) is -1.06. The lowest BCUT2D eigenvalue weighted by atomic mass is 10.1. The summed E-state index contributed by atoms with van der Waals surface area (Å²) in [5.41, 5.74) is 2.90. The van der Waals surface area contributed by atoms with Gasteiger partial charge >= 0.3 is 0 Å². The minimum atomic E-state index is -1.06. The van der Waals surface area contributed by atoms with Crippen LogP contribution < -0.4 is 0 Å². The zero-order valence-corrected chi connectivity index (χ0v) is 15.4. The van der Waals surface area contributed by atoms with Gasteiger partial charge < -0.3 is 9.15 Å². The Morgan fingerprint density at radius 1 is 1.30 bits per heavy atom. The van der Waals surface area contributed by atoms with Crippen LogP contribution in [0.5, 0.6) is 0 Å². The van der Waals surface area contributed by atoms with Crippen molar-refractivity contribution in [1.82, 2.24) is 9.78 Å². The van der Waals surface area contributed by atoms with Gasteiger partial charge in [0.1, 0.15) is 6.73 Å². The van der Waals surface area contributed by atoms with E-state index >= 15 is 0 Å². The topological polar surface area (TPSA) is 40.2 Å². The van der Waals surface area contributed by atoms with E-state index < -0.39 is 8.07 Å². The van der Waals surface area contributed by atoms with Gasteiger partial charge in [-0.15, -0.1) is 0 Å². The molecule has 0 bridgehead atoms. The highest BCUT2D eigenvalue weighted by Gasteiger charge is 2.13. The first-order chi connectivity index (χ1) is 10.9. The van der Waals surface area contributed by atoms with Crippen LogP contribution in [0.25, 0.3) is 22.0 Å². The SMILES string of the molecule is C[Si](C)(C)CCOCn1ncc2cc(-c3ccoc3)c(Cl)cc21. The highest BCUT2D eigenvalue weighted by atomic mass is 35.5. The van der Waals surface area contributed by atoms with Crippen LogP contribution in [0.15, 0.2) is 41.3 Å². The van der Waals surface area contributed by atoms with Gasteiger partial charge in [-0.05, 0) is 24.2 Å². The first kappa shape index (κ1) is 16.3. The van der Waals surface area contributed by atoms with Crippen molar-refractivity contribution < 1.29 is 9.15 Å². The van der Waals surface area contributed by atoms with Crippen molar-refractivity contribution in [1.29, 1.82) is 0 Å². The number of benzene rings is 1. The number of halogens is 1. The Morgan fingerprint density at radius 3 is 2.83 bits per heavy atom. The van der Waals surface area contributed by atoms with E-state index in [9.17, 15) is 0 Å². The Hall–Kier alpha value is -1.56. The van der Waals surface area contributed by atoms with Gasteiger partial charge in [-0.25, -0.2) is 4.68 Å². The summed E-state index contributed by atoms with van der Waals surface area (Å²) in [5.74, 6) is 0. The van der Waals surface area contributed by atoms with E-state index in [2.05, 4.69) is 24.7 Å². The van der Waals surface area contributed by atoms with Crippen LogP contribution >= 0.6 is 11.6 Å². The van der Waals surface area contributed by atoms with E-state index in [4.69, 9.17) is 20.8 Å². The second kappa shape index (κ2) is 6.51. The van der Waals surface area contributed by atoms with Gasteiger partial charge in [0.05, 0.1) is 29.3 Å². The van der Waals surface area contributed by atoms with E-state index in [-0.39, 0.29) is 0 Å². The Bertz CT molecular complexity index is 791. The predicted octanol–water partition coefficient (Wildman–Crippen LogP) is 5.26. The molecule has 2 heterocycles. The third-order valence-corrected chi connectivity index (χ3v) is 5.79. The van der Waals surface area contributed by atoms with Gasteiger partial charge in [-0.2, -0.15) is 5.10 Å². The predicted molar refractivity (Wildman–Crippen MR) is 96.6 cm³/mol. The molecule has 0 radical (unpaired) electrons. The zero-order chi connectivity index (χ0) is 16.4. The van der Waals surface area contributed by atoms with E-state index in [1.807, 2.05) is 29.1 Å². The average Bonchev–Trinajstić information content (AvgIpc) is 3.11. The molecule has 4 nitrogen and oxygen atoms in total. The lowest BCUT2D eigenvalue weighted by molar-refractivity contribution is 0.0817. The van der Waals surface area contributed by atoms with Crippen LogP contribution in [0.1, 0.15) is 0 Å². The van der Waals surface area contributed by atoms with E-state index in [1.165, 1.54) is 0 Å². The molecule has 0 fully saturated rings. The number of rotatable bonds is 6. The first-order valence-corrected chi connectivity index (χ1v) is 11.8. The highest BCUT2D eigenvalue weighted by Crippen LogP contribution is 2.32. The van der Waals surface area contributed by atoms with Gasteiger partial charge in [0.2, 0.25) is 0 Å². The second-order valence-corrected chi connectivity index (χ2v) is 12.9. The molecule has 1 aromatic carbocycles. The average molecular weight is 349 g/mol. The molecule has 0 N–H and O–H groups in total. The lowest BCUT2D eigenvalue weighted by Gasteiger charge is -2.15. The van der Waals surface area contributed by atoms with Crippen LogP contribution in [-0.4, -0.2) is 24.5 Å². The number of ether oxygens (including phenoxy) is 1. The summed E-state index contributed by atoms with van der Waals surface area (Å²) in [6.07, 6.45) is 5.18. The molecule has 0 aliphatic rings. The van der Waals surface area contributed by atoms with Crippen molar-refractivity contribution >= 4 is 30.6 Å². The molecule has 0 saturated carbocycles. The molecule has 3 rings (SSSR count). The Balaban J connectivity index is 1.77. The lowest BCUT2D eigenvalue weighted by Crippen LogP contribution is -2.22. The summed E-state index contributed by atoms with van der Waals surface area (Å²) in [5, 5.41) is 6.14. The van der Waals surface area contributed by atoms with Gasteiger partial charge in [-0.3, -0.25) is 0 Å². The Kier molecular flexibility index (Phi) is 4.61. The van der Waals surface area contributed by atoms with Crippen molar-refractivity contribution in [2.45, 2.75) is 32.4 Å². The monoisotopic (exact) mass is 348 g/mol. The molecular weight excluding hydrogens is 328 g/mol. The van der Waals surface area contributed by atoms with Crippen LogP contribution in [0, 0.1) is 0 Å². The van der Waals surface area contributed by atoms with Gasteiger partial charge in [0.15, 0.2) is 0 Å². The van der Waals surface area contributed by atoms with Crippen molar-refractivity contribution in [3.8, 4) is 11.1 Å². The standard InChI is InChI=1S/C17H21ClN2O2Si/c1-23(2,3)7-6-22-12-20-17-9-16(18)15(8-14(17)10-19-20)13-4-5-21-11-13/h4-5,8-11H,6-7,12H2,1-3H3. The fourth-order valence-corrected chi connectivity index (χ4v) is 3.40. The first-order valence-electron chi connectivity index (χ1n) is 7.69. The summed E-state index contributed by atoms with van der Waals surface area (Å²) in [4.78, 5) is 0. The molecule has 0 spiro atoms. The van der Waals surface area contributed by atoms with E-state index in [0.717, 1.165) is 34.7 Å². The van der Waals surface area contributed by atoms with Crippen molar-refractivity contribution in [2.75, 3.05) is 6.61 Å². The van der Waals surface area contributed by atoms with Gasteiger partial charge in [-0.1, -0.05) is 31.2 Å². The van der Waals surface area contributed by atoms with Crippen LogP contribution in [0.4, 0.5) is 0 Å². The summed E-state index contributed by atoms with van der Waals surface area (Å²) in [6.45, 7) is 8.26. The van der Waals surface area contributed by atoms with Gasteiger partial charge in [0, 0.05) is 31.2 Å². The third-order valence-electron chi connectivity index (χ3n) is 3.77. The summed E-state index contributed by atoms with van der Waals surface area (Å²) < 4.78 is 12.8. The van der Waals surface area contributed by atoms with E-state index in [0.29, 0.717) is 11.8 Å². The Labute approximate surface area is 142 Å². The molecule has 6 heteroatoms. The second-order valence-electron chi connectivity index (χ2n) is 6.90. The highest BCUT2D eigenvalue weighted by molar-refractivity contribution is 6.76. The maximum atomic E-state index is 6.43. The van der Waals surface area contributed by atoms with Crippen molar-refractivity contribution in [3.63, 3.8) is 0 Å². The molecule has 2 aromatic heterocycles. The summed E-state index contributed by atoms with van der Waals surface area (Å²) in [6, 6.07) is 7.02. The molecule has 0 amide bonds. The molecule has 23 heavy (non-hydrogen) atoms. The number of aromatic nitrogens is 2. The third kappa shape index (κ3) is 3.86. The number of furan rings is 1. The number of hydrogen-bond acceptors (Lipinski definition) is 3. The summed E-state index contributed by atoms with van der Waals surface area (Å²) >= 11 is 6.43. The zero-order valence-electron chi connectivity index (χ0n) is 13.7. The molecular formula is C17H21ClN2O2Si. The molecule has 0 aliphatic heterocycles. The largest absolute Gasteiger partial charge is 0.472 e. The fraction of sp³-hybridized carbons (Fsp3) is 0.353. The molecule has 0 unspecified atom stereocenters. The van der Waals surface area contributed by atoms with Crippen molar-refractivity contribution in [3.05, 3.63) is 41.9 Å². The van der Waals surface area contributed by atoms with E-state index in [1.54, 1.807) is 12.5 Å². The van der Waals surface area contributed by atoms with Crippen LogP contribution in [-0.2, 0) is 11.5 Å². The smallest absolute Gasteiger partial charge is 0.139 e. The molecule has 0 atom stereocenters. The maximum absolute atomic E-state index is 6.43. The molecule has 0 saturated heterocycles. The van der Waals surface area contributed by atoms with Gasteiger partial charge in [0.25, 0.3) is 0 Å². The van der Waals surface area contributed by atoms with Crippen LogP contribution in [0.3, 0.4) is 0 Å². The van der Waals surface area contributed by atoms with Crippen LogP contribution in [0.2, 0.25) is 30.7 Å². The minimum Gasteiger partial charge on any atom is -0.472 e. The minimum absolute atomic E-state index is 0.454. The van der Waals surface area contributed by atoms with Crippen molar-refractivity contribution in [2.24, 2.45) is 0 Å².